The van der Waals surface area contributed by atoms with E-state index in [0.717, 1.165) is 17.7 Å². The number of pyridine rings is 1. The predicted octanol–water partition coefficient (Wildman–Crippen LogP) is 5.11. The van der Waals surface area contributed by atoms with E-state index in [2.05, 4.69) is 15.2 Å². The number of thiophene rings is 1. The van der Waals surface area contributed by atoms with Gasteiger partial charge in [0.05, 0.1) is 29.1 Å². The van der Waals surface area contributed by atoms with Gasteiger partial charge in [0.1, 0.15) is 18.2 Å². The highest BCUT2D eigenvalue weighted by Crippen LogP contribution is 2.39. The van der Waals surface area contributed by atoms with Crippen molar-refractivity contribution >= 4 is 28.1 Å². The Morgan fingerprint density at radius 1 is 1.34 bits per heavy atom. The number of aromatic amines is 1. The van der Waals surface area contributed by atoms with Gasteiger partial charge in [0.2, 0.25) is 0 Å². The summed E-state index contributed by atoms with van der Waals surface area (Å²) in [7, 11) is 1.63. The summed E-state index contributed by atoms with van der Waals surface area (Å²) >= 11 is 1.42. The molecule has 6 nitrogen and oxygen atoms in total. The summed E-state index contributed by atoms with van der Waals surface area (Å²) in [4.78, 5) is 19.5. The van der Waals surface area contributed by atoms with Crippen LogP contribution in [0.2, 0.25) is 0 Å². The van der Waals surface area contributed by atoms with Crippen LogP contribution in [0.1, 0.15) is 34.5 Å². The number of alkyl halides is 1. The first kappa shape index (κ1) is 20.6. The SMILES string of the molecule is CN(Cc1cnc(CF)c2cn[nH]c12)C(=O)c1cc(F)c(-c2cccs2)c(OC2CC2)c1. The summed E-state index contributed by atoms with van der Waals surface area (Å²) in [6.07, 6.45) is 4.95. The number of halogens is 2. The van der Waals surface area contributed by atoms with Gasteiger partial charge in [-0.15, -0.1) is 11.3 Å². The lowest BCUT2D eigenvalue weighted by Crippen LogP contribution is -2.26. The molecule has 32 heavy (non-hydrogen) atoms. The minimum Gasteiger partial charge on any atom is -0.490 e. The van der Waals surface area contributed by atoms with Crippen molar-refractivity contribution in [3.05, 3.63) is 64.7 Å². The Morgan fingerprint density at radius 2 is 2.19 bits per heavy atom. The van der Waals surface area contributed by atoms with E-state index in [0.29, 0.717) is 33.5 Å². The number of rotatable bonds is 7. The minimum atomic E-state index is -0.704. The highest BCUT2D eigenvalue weighted by atomic mass is 32.1. The molecular weight excluding hydrogens is 434 g/mol. The fourth-order valence-electron chi connectivity index (χ4n) is 3.64. The Labute approximate surface area is 186 Å². The van der Waals surface area contributed by atoms with Crippen molar-refractivity contribution < 1.29 is 18.3 Å². The molecule has 0 spiro atoms. The summed E-state index contributed by atoms with van der Waals surface area (Å²) in [6, 6.07) is 6.56. The number of nitrogens with zero attached hydrogens (tertiary/aromatic N) is 3. The van der Waals surface area contributed by atoms with Gasteiger partial charge in [-0.3, -0.25) is 14.9 Å². The quantitative estimate of drug-likeness (QED) is 0.421. The van der Waals surface area contributed by atoms with E-state index < -0.39 is 12.5 Å². The number of ether oxygens (including phenoxy) is 1. The maximum absolute atomic E-state index is 15.1. The molecule has 1 aliphatic rings. The molecule has 0 radical (unpaired) electrons. The van der Waals surface area contributed by atoms with Crippen LogP contribution in [0.4, 0.5) is 8.78 Å². The number of nitrogens with one attached hydrogen (secondary N) is 1. The lowest BCUT2D eigenvalue weighted by molar-refractivity contribution is 0.0784. The molecule has 3 heterocycles. The van der Waals surface area contributed by atoms with Crippen LogP contribution >= 0.6 is 11.3 Å². The van der Waals surface area contributed by atoms with Crippen LogP contribution in [0.5, 0.6) is 5.75 Å². The molecule has 0 unspecified atom stereocenters. The number of fused-ring (bicyclic) bond motifs is 1. The van der Waals surface area contributed by atoms with Crippen molar-refractivity contribution in [2.24, 2.45) is 0 Å². The largest absolute Gasteiger partial charge is 0.490 e. The number of carbonyl (C=O) groups excluding carboxylic acids is 1. The number of benzene rings is 1. The lowest BCUT2D eigenvalue weighted by atomic mass is 10.1. The van der Waals surface area contributed by atoms with Gasteiger partial charge in [0.25, 0.3) is 5.91 Å². The van der Waals surface area contributed by atoms with E-state index in [1.165, 1.54) is 34.7 Å². The van der Waals surface area contributed by atoms with Crippen LogP contribution in [-0.2, 0) is 13.2 Å². The normalized spacial score (nSPS) is 13.5. The Kier molecular flexibility index (Phi) is 5.34. The van der Waals surface area contributed by atoms with Gasteiger partial charge in [0, 0.05) is 41.2 Å². The zero-order chi connectivity index (χ0) is 22.2. The first-order valence-corrected chi connectivity index (χ1v) is 11.1. The summed E-state index contributed by atoms with van der Waals surface area (Å²) in [6.45, 7) is -0.505. The number of carbonyl (C=O) groups is 1. The molecule has 1 aromatic carbocycles. The van der Waals surface area contributed by atoms with Crippen molar-refractivity contribution in [2.45, 2.75) is 32.2 Å². The van der Waals surface area contributed by atoms with Crippen LogP contribution in [0.25, 0.3) is 21.3 Å². The maximum atomic E-state index is 15.1. The highest BCUT2D eigenvalue weighted by Gasteiger charge is 2.28. The second-order valence-electron chi connectivity index (χ2n) is 7.81. The minimum absolute atomic E-state index is 0.0601. The van der Waals surface area contributed by atoms with Crippen LogP contribution in [0.3, 0.4) is 0 Å². The van der Waals surface area contributed by atoms with Crippen molar-refractivity contribution in [3.63, 3.8) is 0 Å². The Hall–Kier alpha value is -3.33. The monoisotopic (exact) mass is 454 g/mol. The zero-order valence-electron chi connectivity index (χ0n) is 17.3. The number of H-pyrrole nitrogens is 1. The number of hydrogen-bond donors (Lipinski definition) is 1. The Bertz CT molecular complexity index is 1280. The second-order valence-corrected chi connectivity index (χ2v) is 8.76. The molecule has 0 bridgehead atoms. The fraction of sp³-hybridized carbons (Fsp3) is 0.261. The van der Waals surface area contributed by atoms with Gasteiger partial charge >= 0.3 is 0 Å². The molecule has 1 fully saturated rings. The number of amides is 1. The van der Waals surface area contributed by atoms with Crippen molar-refractivity contribution in [1.29, 1.82) is 0 Å². The Morgan fingerprint density at radius 3 is 2.91 bits per heavy atom. The average Bonchev–Trinajstić information content (AvgIpc) is 3.23. The average molecular weight is 455 g/mol. The summed E-state index contributed by atoms with van der Waals surface area (Å²) in [5.74, 6) is -0.464. The molecule has 164 valence electrons. The van der Waals surface area contributed by atoms with Gasteiger partial charge in [-0.25, -0.2) is 8.78 Å². The zero-order valence-corrected chi connectivity index (χ0v) is 18.1. The molecule has 1 N–H and O–H groups in total. The van der Waals surface area contributed by atoms with Gasteiger partial charge in [-0.05, 0) is 36.4 Å². The number of aromatic nitrogens is 3. The summed E-state index contributed by atoms with van der Waals surface area (Å²) in [5, 5.41) is 9.27. The Balaban J connectivity index is 1.45. The van der Waals surface area contributed by atoms with E-state index in [1.54, 1.807) is 13.1 Å². The molecular formula is C23H20F2N4O2S. The van der Waals surface area contributed by atoms with Gasteiger partial charge in [-0.1, -0.05) is 6.07 Å². The molecule has 1 saturated carbocycles. The standard InChI is InChI=1S/C23H20F2N4O2S/c1-29(12-14-10-26-18(9-24)16-11-27-28-22(14)16)23(30)13-7-17(25)21(20-3-2-6-32-20)19(8-13)31-15-4-5-15/h2-3,6-8,10-11,15H,4-5,9,12H2,1H3,(H,27,28). The van der Waals surface area contributed by atoms with Crippen molar-refractivity contribution in [1.82, 2.24) is 20.1 Å². The van der Waals surface area contributed by atoms with Crippen LogP contribution in [0.15, 0.2) is 42.0 Å². The fourth-order valence-corrected chi connectivity index (χ4v) is 4.41. The molecule has 1 aliphatic carbocycles. The molecule has 0 atom stereocenters. The maximum Gasteiger partial charge on any atom is 0.254 e. The van der Waals surface area contributed by atoms with E-state index in [4.69, 9.17) is 4.74 Å². The molecule has 0 saturated heterocycles. The predicted molar refractivity (Wildman–Crippen MR) is 118 cm³/mol. The molecule has 4 aromatic rings. The van der Waals surface area contributed by atoms with Crippen LogP contribution < -0.4 is 4.74 Å². The van der Waals surface area contributed by atoms with Gasteiger partial charge in [0.15, 0.2) is 0 Å². The lowest BCUT2D eigenvalue weighted by Gasteiger charge is -2.19. The second kappa shape index (κ2) is 8.31. The van der Waals surface area contributed by atoms with E-state index in [1.807, 2.05) is 17.5 Å². The molecule has 3 aromatic heterocycles. The summed E-state index contributed by atoms with van der Waals surface area (Å²) in [5.41, 5.74) is 2.20. The van der Waals surface area contributed by atoms with Crippen LogP contribution in [0, 0.1) is 5.82 Å². The van der Waals surface area contributed by atoms with E-state index >= 15 is 4.39 Å². The van der Waals surface area contributed by atoms with E-state index in [9.17, 15) is 9.18 Å². The van der Waals surface area contributed by atoms with E-state index in [-0.39, 0.29) is 24.1 Å². The highest BCUT2D eigenvalue weighted by molar-refractivity contribution is 7.13. The number of hydrogen-bond acceptors (Lipinski definition) is 5. The van der Waals surface area contributed by atoms with Crippen LogP contribution in [-0.4, -0.2) is 39.1 Å². The molecule has 1 amide bonds. The topological polar surface area (TPSA) is 71.1 Å². The molecule has 0 aliphatic heterocycles. The van der Waals surface area contributed by atoms with Gasteiger partial charge in [-0.2, -0.15) is 5.10 Å². The van der Waals surface area contributed by atoms with Crippen molar-refractivity contribution in [2.75, 3.05) is 7.05 Å². The third kappa shape index (κ3) is 3.84. The van der Waals surface area contributed by atoms with Crippen molar-refractivity contribution in [3.8, 4) is 16.2 Å². The smallest absolute Gasteiger partial charge is 0.254 e. The first-order valence-electron chi connectivity index (χ1n) is 10.2. The first-order chi connectivity index (χ1) is 15.5. The molecule has 5 rings (SSSR count). The third-order valence-corrected chi connectivity index (χ3v) is 6.30. The molecule has 9 heteroatoms. The van der Waals surface area contributed by atoms with Gasteiger partial charge < -0.3 is 9.64 Å². The third-order valence-electron chi connectivity index (χ3n) is 5.41. The summed E-state index contributed by atoms with van der Waals surface area (Å²) < 4.78 is 34.3.